The zero-order valence-electron chi connectivity index (χ0n) is 13.6. The maximum Gasteiger partial charge on any atom is 0.193 e. The van der Waals surface area contributed by atoms with E-state index in [1.165, 1.54) is 11.1 Å². The normalized spacial score (nSPS) is 11.5. The fourth-order valence-electron chi connectivity index (χ4n) is 2.42. The van der Waals surface area contributed by atoms with Gasteiger partial charge in [0.2, 0.25) is 0 Å². The molecule has 22 heavy (non-hydrogen) atoms. The topological polar surface area (TPSA) is 63.3 Å². The van der Waals surface area contributed by atoms with E-state index in [1.54, 1.807) is 0 Å². The second-order valence-electron chi connectivity index (χ2n) is 5.26. The molecule has 2 rings (SSSR count). The summed E-state index contributed by atoms with van der Waals surface area (Å²) in [7, 11) is 0. The molecule has 0 unspecified atom stereocenters. The number of nitrogens with two attached hydrogens (primary N) is 1. The Morgan fingerprint density at radius 2 is 1.73 bits per heavy atom. The van der Waals surface area contributed by atoms with E-state index in [9.17, 15) is 0 Å². The van der Waals surface area contributed by atoms with Gasteiger partial charge in [-0.2, -0.15) is 0 Å². The van der Waals surface area contributed by atoms with Crippen molar-refractivity contribution < 1.29 is 0 Å². The number of para-hydroxylation sites is 1. The Balaban J connectivity index is 2.14. The van der Waals surface area contributed by atoms with E-state index in [-0.39, 0.29) is 0 Å². The molecule has 0 spiro atoms. The van der Waals surface area contributed by atoms with Gasteiger partial charge in [0.15, 0.2) is 5.96 Å². The van der Waals surface area contributed by atoms with Gasteiger partial charge in [0.1, 0.15) is 0 Å². The Kier molecular flexibility index (Phi) is 5.53. The number of pyridine rings is 1. The van der Waals surface area contributed by atoms with Gasteiger partial charge in [-0.05, 0) is 43.0 Å². The summed E-state index contributed by atoms with van der Waals surface area (Å²) in [6.45, 7) is 6.74. The minimum Gasteiger partial charge on any atom is -0.370 e. The molecule has 1 aromatic carbocycles. The van der Waals surface area contributed by atoms with Crippen LogP contribution in [0.2, 0.25) is 0 Å². The van der Waals surface area contributed by atoms with Crippen LogP contribution in [-0.2, 0) is 19.4 Å². The van der Waals surface area contributed by atoms with E-state index in [0.717, 1.165) is 29.9 Å². The summed E-state index contributed by atoms with van der Waals surface area (Å²) in [6.07, 6.45) is 1.92. The zero-order chi connectivity index (χ0) is 15.9. The van der Waals surface area contributed by atoms with Crippen LogP contribution in [0, 0.1) is 6.92 Å². The van der Waals surface area contributed by atoms with Crippen molar-refractivity contribution in [3.05, 3.63) is 58.9 Å². The molecule has 3 N–H and O–H groups in total. The Bertz CT molecular complexity index is 640. The molecule has 4 nitrogen and oxygen atoms in total. The Hall–Kier alpha value is -2.36. The summed E-state index contributed by atoms with van der Waals surface area (Å²) in [5.74, 6) is 0.430. The first-order chi connectivity index (χ1) is 10.6. The maximum absolute atomic E-state index is 6.05. The first kappa shape index (κ1) is 16.0. The lowest BCUT2D eigenvalue weighted by Gasteiger charge is -2.14. The molecule has 2 aromatic rings. The number of aliphatic imine (C=N–C) groups is 1. The van der Waals surface area contributed by atoms with Crippen LogP contribution >= 0.6 is 0 Å². The second-order valence-corrected chi connectivity index (χ2v) is 5.26. The maximum atomic E-state index is 6.05. The number of benzene rings is 1. The highest BCUT2D eigenvalue weighted by Gasteiger charge is 2.07. The third-order valence-electron chi connectivity index (χ3n) is 3.61. The summed E-state index contributed by atoms with van der Waals surface area (Å²) >= 11 is 0. The third kappa shape index (κ3) is 4.07. The molecule has 0 bridgehead atoms. The highest BCUT2D eigenvalue weighted by atomic mass is 15.1. The van der Waals surface area contributed by atoms with Gasteiger partial charge in [-0.3, -0.25) is 4.98 Å². The van der Waals surface area contributed by atoms with Crippen molar-refractivity contribution in [1.29, 1.82) is 0 Å². The molecule has 0 aliphatic heterocycles. The number of anilines is 1. The van der Waals surface area contributed by atoms with Crippen LogP contribution in [-0.4, -0.2) is 10.9 Å². The van der Waals surface area contributed by atoms with E-state index >= 15 is 0 Å². The minimum absolute atomic E-state index is 0.430. The highest BCUT2D eigenvalue weighted by Crippen LogP contribution is 2.22. The van der Waals surface area contributed by atoms with Crippen LogP contribution in [0.4, 0.5) is 5.69 Å². The average molecular weight is 296 g/mol. The number of rotatable bonds is 5. The number of nitrogens with zero attached hydrogens (tertiary/aromatic N) is 2. The predicted molar refractivity (Wildman–Crippen MR) is 93.1 cm³/mol. The summed E-state index contributed by atoms with van der Waals surface area (Å²) in [5.41, 5.74) is 11.6. The van der Waals surface area contributed by atoms with E-state index in [2.05, 4.69) is 47.3 Å². The number of guanidine groups is 1. The molecule has 0 aliphatic carbocycles. The lowest BCUT2D eigenvalue weighted by Crippen LogP contribution is -2.24. The van der Waals surface area contributed by atoms with Crippen molar-refractivity contribution in [1.82, 2.24) is 4.98 Å². The molecule has 0 saturated heterocycles. The molecular weight excluding hydrogens is 272 g/mol. The number of aryl methyl sites for hydroxylation is 3. The quantitative estimate of drug-likeness (QED) is 0.656. The lowest BCUT2D eigenvalue weighted by atomic mass is 10.0. The monoisotopic (exact) mass is 296 g/mol. The Morgan fingerprint density at radius 3 is 2.32 bits per heavy atom. The Morgan fingerprint density at radius 1 is 1.09 bits per heavy atom. The van der Waals surface area contributed by atoms with Gasteiger partial charge in [-0.25, -0.2) is 4.99 Å². The summed E-state index contributed by atoms with van der Waals surface area (Å²) in [4.78, 5) is 8.83. The molecule has 0 saturated carbocycles. The van der Waals surface area contributed by atoms with Crippen molar-refractivity contribution in [3.63, 3.8) is 0 Å². The standard InChI is InChI=1S/C18H24N4/c1-4-14-9-7-10-15(5-2)17(14)22-18(19)20-12-16-11-6-8-13(3)21-16/h6-11H,4-5,12H2,1-3H3,(H3,19,20,22). The van der Waals surface area contributed by atoms with Gasteiger partial charge >= 0.3 is 0 Å². The molecule has 0 aliphatic rings. The second kappa shape index (κ2) is 7.59. The molecule has 1 heterocycles. The van der Waals surface area contributed by atoms with Crippen LogP contribution in [0.1, 0.15) is 36.4 Å². The molecule has 0 amide bonds. The average Bonchev–Trinajstić information content (AvgIpc) is 2.53. The number of nitrogens with one attached hydrogen (secondary N) is 1. The van der Waals surface area contributed by atoms with Gasteiger partial charge in [-0.1, -0.05) is 38.1 Å². The van der Waals surface area contributed by atoms with Gasteiger partial charge in [0.05, 0.1) is 12.2 Å². The van der Waals surface area contributed by atoms with Crippen LogP contribution in [0.15, 0.2) is 41.4 Å². The van der Waals surface area contributed by atoms with Crippen molar-refractivity contribution in [2.24, 2.45) is 10.7 Å². The lowest BCUT2D eigenvalue weighted by molar-refractivity contribution is 0.964. The van der Waals surface area contributed by atoms with Crippen LogP contribution in [0.25, 0.3) is 0 Å². The molecule has 0 fully saturated rings. The van der Waals surface area contributed by atoms with Crippen LogP contribution < -0.4 is 11.1 Å². The van der Waals surface area contributed by atoms with Crippen molar-refractivity contribution in [2.45, 2.75) is 40.2 Å². The summed E-state index contributed by atoms with van der Waals surface area (Å²) in [5, 5.41) is 3.27. The van der Waals surface area contributed by atoms with E-state index < -0.39 is 0 Å². The van der Waals surface area contributed by atoms with Gasteiger partial charge < -0.3 is 11.1 Å². The SMILES string of the molecule is CCc1cccc(CC)c1NC(N)=NCc1cccc(C)n1. The fourth-order valence-corrected chi connectivity index (χ4v) is 2.42. The fraction of sp³-hybridized carbons (Fsp3) is 0.333. The molecule has 0 radical (unpaired) electrons. The zero-order valence-corrected chi connectivity index (χ0v) is 13.6. The number of aromatic nitrogens is 1. The predicted octanol–water partition coefficient (Wildman–Crippen LogP) is 3.44. The molecule has 0 atom stereocenters. The smallest absolute Gasteiger partial charge is 0.193 e. The number of hydrogen-bond acceptors (Lipinski definition) is 2. The van der Waals surface area contributed by atoms with E-state index in [1.807, 2.05) is 25.1 Å². The van der Waals surface area contributed by atoms with E-state index in [4.69, 9.17) is 5.73 Å². The van der Waals surface area contributed by atoms with E-state index in [0.29, 0.717) is 12.5 Å². The van der Waals surface area contributed by atoms with Gasteiger partial charge in [0.25, 0.3) is 0 Å². The van der Waals surface area contributed by atoms with Crippen molar-refractivity contribution in [2.75, 3.05) is 5.32 Å². The Labute approximate surface area is 132 Å². The van der Waals surface area contributed by atoms with Crippen LogP contribution in [0.3, 0.4) is 0 Å². The van der Waals surface area contributed by atoms with Gasteiger partial charge in [-0.15, -0.1) is 0 Å². The third-order valence-corrected chi connectivity index (χ3v) is 3.61. The molecule has 116 valence electrons. The first-order valence-corrected chi connectivity index (χ1v) is 7.74. The molecule has 1 aromatic heterocycles. The van der Waals surface area contributed by atoms with Gasteiger partial charge in [0, 0.05) is 11.4 Å². The van der Waals surface area contributed by atoms with Crippen LogP contribution in [0.5, 0.6) is 0 Å². The first-order valence-electron chi connectivity index (χ1n) is 7.74. The highest BCUT2D eigenvalue weighted by molar-refractivity contribution is 5.93. The van der Waals surface area contributed by atoms with Crippen molar-refractivity contribution >= 4 is 11.6 Å². The number of hydrogen-bond donors (Lipinski definition) is 2. The largest absolute Gasteiger partial charge is 0.370 e. The summed E-state index contributed by atoms with van der Waals surface area (Å²) in [6, 6.07) is 12.3. The molecule has 4 heteroatoms. The summed E-state index contributed by atoms with van der Waals surface area (Å²) < 4.78 is 0. The van der Waals surface area contributed by atoms with Crippen molar-refractivity contribution in [3.8, 4) is 0 Å². The molecular formula is C18H24N4. The minimum atomic E-state index is 0.430.